The van der Waals surface area contributed by atoms with E-state index in [1.807, 2.05) is 20.8 Å². The molecule has 0 saturated heterocycles. The Morgan fingerprint density at radius 2 is 2.07 bits per heavy atom. The van der Waals surface area contributed by atoms with Gasteiger partial charge in [-0.15, -0.1) is 0 Å². The highest BCUT2D eigenvalue weighted by Crippen LogP contribution is 2.13. The van der Waals surface area contributed by atoms with Crippen molar-refractivity contribution in [2.45, 2.75) is 34.1 Å². The molecule has 0 aliphatic rings. The summed E-state index contributed by atoms with van der Waals surface area (Å²) in [5.41, 5.74) is 3.27. The van der Waals surface area contributed by atoms with Gasteiger partial charge in [0.15, 0.2) is 5.65 Å². The van der Waals surface area contributed by atoms with Crippen LogP contribution in [-0.2, 0) is 6.42 Å². The molecular weight excluding hydrogens is 174 g/mol. The van der Waals surface area contributed by atoms with E-state index in [0.717, 1.165) is 23.1 Å². The van der Waals surface area contributed by atoms with Crippen LogP contribution in [0.25, 0.3) is 11.0 Å². The second-order valence-electron chi connectivity index (χ2n) is 2.89. The summed E-state index contributed by atoms with van der Waals surface area (Å²) >= 11 is 0. The fourth-order valence-electron chi connectivity index (χ4n) is 1.37. The highest BCUT2D eigenvalue weighted by Gasteiger charge is 2.01. The molecule has 0 unspecified atom stereocenters. The molecule has 14 heavy (non-hydrogen) atoms. The predicted octanol–water partition coefficient (Wildman–Crippen LogP) is 2.85. The molecule has 1 N–H and O–H groups in total. The summed E-state index contributed by atoms with van der Waals surface area (Å²) in [5.74, 6) is 0. The molecule has 0 bridgehead atoms. The second-order valence-corrected chi connectivity index (χ2v) is 2.89. The van der Waals surface area contributed by atoms with Crippen LogP contribution >= 0.6 is 0 Å². The average Bonchev–Trinajstić information content (AvgIpc) is 2.66. The van der Waals surface area contributed by atoms with Crippen molar-refractivity contribution in [2.75, 3.05) is 0 Å². The highest BCUT2D eigenvalue weighted by molar-refractivity contribution is 5.74. The topological polar surface area (TPSA) is 41.6 Å². The molecule has 0 radical (unpaired) electrons. The molecule has 0 atom stereocenters. The highest BCUT2D eigenvalue weighted by atomic mass is 15.1. The van der Waals surface area contributed by atoms with Crippen LogP contribution in [0.4, 0.5) is 0 Å². The lowest BCUT2D eigenvalue weighted by Gasteiger charge is -2.00. The minimum atomic E-state index is 0.879. The summed E-state index contributed by atoms with van der Waals surface area (Å²) < 4.78 is 0. The molecule has 2 aromatic heterocycles. The summed E-state index contributed by atoms with van der Waals surface area (Å²) in [5, 5.41) is 7.88. The van der Waals surface area contributed by atoms with Crippen LogP contribution < -0.4 is 0 Å². The number of aromatic nitrogens is 3. The minimum Gasteiger partial charge on any atom is -0.261 e. The number of pyridine rings is 1. The Labute approximate surface area is 84.6 Å². The molecule has 2 heterocycles. The van der Waals surface area contributed by atoms with Gasteiger partial charge in [0.25, 0.3) is 0 Å². The Morgan fingerprint density at radius 3 is 2.71 bits per heavy atom. The molecule has 0 aromatic carbocycles. The third-order valence-corrected chi connectivity index (χ3v) is 2.10. The summed E-state index contributed by atoms with van der Waals surface area (Å²) in [7, 11) is 0. The summed E-state index contributed by atoms with van der Waals surface area (Å²) in [6, 6.07) is 2.14. The van der Waals surface area contributed by atoms with Gasteiger partial charge in [-0.2, -0.15) is 5.10 Å². The number of nitrogens with one attached hydrogen (secondary N) is 1. The van der Waals surface area contributed by atoms with Crippen molar-refractivity contribution in [3.8, 4) is 0 Å². The van der Waals surface area contributed by atoms with Gasteiger partial charge >= 0.3 is 0 Å². The van der Waals surface area contributed by atoms with E-state index in [4.69, 9.17) is 0 Å². The van der Waals surface area contributed by atoms with E-state index in [9.17, 15) is 0 Å². The van der Waals surface area contributed by atoms with Gasteiger partial charge in [0.1, 0.15) is 0 Å². The van der Waals surface area contributed by atoms with E-state index >= 15 is 0 Å². The normalized spacial score (nSPS) is 9.71. The SMILES string of the molecule is CC.CCc1cc2cn[nH]c2nc1C. The molecular formula is C11H17N3. The molecule has 0 saturated carbocycles. The van der Waals surface area contributed by atoms with Crippen molar-refractivity contribution in [1.82, 2.24) is 15.2 Å². The van der Waals surface area contributed by atoms with Gasteiger partial charge < -0.3 is 0 Å². The van der Waals surface area contributed by atoms with E-state index in [1.165, 1.54) is 5.56 Å². The van der Waals surface area contributed by atoms with E-state index in [-0.39, 0.29) is 0 Å². The van der Waals surface area contributed by atoms with E-state index < -0.39 is 0 Å². The summed E-state index contributed by atoms with van der Waals surface area (Å²) in [6.45, 7) is 8.16. The van der Waals surface area contributed by atoms with Gasteiger partial charge in [-0.25, -0.2) is 4.98 Å². The van der Waals surface area contributed by atoms with E-state index in [2.05, 4.69) is 28.2 Å². The van der Waals surface area contributed by atoms with Crippen molar-refractivity contribution in [2.24, 2.45) is 0 Å². The van der Waals surface area contributed by atoms with Gasteiger partial charge in [-0.05, 0) is 25.0 Å². The van der Waals surface area contributed by atoms with Crippen molar-refractivity contribution in [1.29, 1.82) is 0 Å². The molecule has 76 valence electrons. The number of H-pyrrole nitrogens is 1. The lowest BCUT2D eigenvalue weighted by atomic mass is 10.1. The largest absolute Gasteiger partial charge is 0.261 e. The predicted molar refractivity (Wildman–Crippen MR) is 59.4 cm³/mol. The van der Waals surface area contributed by atoms with Gasteiger partial charge in [-0.1, -0.05) is 20.8 Å². The zero-order valence-electron chi connectivity index (χ0n) is 9.26. The van der Waals surface area contributed by atoms with Crippen LogP contribution in [0.5, 0.6) is 0 Å². The molecule has 0 spiro atoms. The molecule has 3 heteroatoms. The van der Waals surface area contributed by atoms with Crippen LogP contribution in [0, 0.1) is 6.92 Å². The summed E-state index contributed by atoms with van der Waals surface area (Å²) in [6.07, 6.45) is 2.83. The number of nitrogens with zero attached hydrogens (tertiary/aromatic N) is 2. The number of rotatable bonds is 1. The third-order valence-electron chi connectivity index (χ3n) is 2.10. The Hall–Kier alpha value is -1.38. The first-order valence-electron chi connectivity index (χ1n) is 5.11. The van der Waals surface area contributed by atoms with Gasteiger partial charge in [0, 0.05) is 11.1 Å². The maximum absolute atomic E-state index is 4.39. The van der Waals surface area contributed by atoms with Crippen molar-refractivity contribution < 1.29 is 0 Å². The Balaban J connectivity index is 0.000000461. The molecule has 2 aromatic rings. The van der Waals surface area contributed by atoms with Crippen LogP contribution in [0.2, 0.25) is 0 Å². The first kappa shape index (κ1) is 10.7. The van der Waals surface area contributed by atoms with Crippen LogP contribution in [0.15, 0.2) is 12.3 Å². The fraction of sp³-hybridized carbons (Fsp3) is 0.455. The molecule has 0 fully saturated rings. The van der Waals surface area contributed by atoms with Crippen molar-refractivity contribution >= 4 is 11.0 Å². The Kier molecular flexibility index (Phi) is 3.63. The second kappa shape index (κ2) is 4.74. The molecule has 2 rings (SSSR count). The van der Waals surface area contributed by atoms with Gasteiger partial charge in [0.05, 0.1) is 6.20 Å². The monoisotopic (exact) mass is 191 g/mol. The summed E-state index contributed by atoms with van der Waals surface area (Å²) in [4.78, 5) is 4.39. The number of hydrogen-bond donors (Lipinski definition) is 1. The van der Waals surface area contributed by atoms with Crippen LogP contribution in [0.1, 0.15) is 32.0 Å². The smallest absolute Gasteiger partial charge is 0.155 e. The van der Waals surface area contributed by atoms with Crippen LogP contribution in [0.3, 0.4) is 0 Å². The molecule has 0 aliphatic heterocycles. The Bertz CT molecular complexity index is 404. The molecule has 0 amide bonds. The van der Waals surface area contributed by atoms with E-state index in [1.54, 1.807) is 6.20 Å². The van der Waals surface area contributed by atoms with Gasteiger partial charge in [0.2, 0.25) is 0 Å². The lowest BCUT2D eigenvalue weighted by Crippen LogP contribution is -1.90. The number of aromatic amines is 1. The fourth-order valence-corrected chi connectivity index (χ4v) is 1.37. The maximum Gasteiger partial charge on any atom is 0.155 e. The van der Waals surface area contributed by atoms with Gasteiger partial charge in [-0.3, -0.25) is 5.10 Å². The lowest BCUT2D eigenvalue weighted by molar-refractivity contribution is 1.05. The molecule has 0 aliphatic carbocycles. The maximum atomic E-state index is 4.39. The average molecular weight is 191 g/mol. The zero-order chi connectivity index (χ0) is 10.6. The first-order valence-corrected chi connectivity index (χ1v) is 5.11. The van der Waals surface area contributed by atoms with Crippen molar-refractivity contribution in [3.63, 3.8) is 0 Å². The number of hydrogen-bond acceptors (Lipinski definition) is 2. The first-order chi connectivity index (χ1) is 6.81. The van der Waals surface area contributed by atoms with E-state index in [0.29, 0.717) is 0 Å². The Morgan fingerprint density at radius 1 is 1.36 bits per heavy atom. The molecule has 3 nitrogen and oxygen atoms in total. The van der Waals surface area contributed by atoms with Crippen molar-refractivity contribution in [3.05, 3.63) is 23.5 Å². The standard InChI is InChI=1S/C9H11N3.C2H6/c1-3-7-4-8-5-10-12-9(8)11-6(7)2;1-2/h4-5H,3H2,1-2H3,(H,10,11,12);1-2H3. The zero-order valence-corrected chi connectivity index (χ0v) is 9.26. The number of fused-ring (bicyclic) bond motifs is 1. The quantitative estimate of drug-likeness (QED) is 0.753. The minimum absolute atomic E-state index is 0.879. The third kappa shape index (κ3) is 1.92. The van der Waals surface area contributed by atoms with Crippen LogP contribution in [-0.4, -0.2) is 15.2 Å². The number of aryl methyl sites for hydroxylation is 2.